The molecule has 1 aromatic heterocycles. The Morgan fingerprint density at radius 3 is 2.46 bits per heavy atom. The van der Waals surface area contributed by atoms with Crippen LogP contribution in [0.15, 0.2) is 42.6 Å². The molecule has 0 spiro atoms. The van der Waals surface area contributed by atoms with Gasteiger partial charge in [0, 0.05) is 31.5 Å². The van der Waals surface area contributed by atoms with Gasteiger partial charge in [-0.2, -0.15) is 0 Å². The minimum Gasteiger partial charge on any atom is -0.376 e. The van der Waals surface area contributed by atoms with Gasteiger partial charge in [0.05, 0.1) is 18.0 Å². The van der Waals surface area contributed by atoms with Crippen molar-refractivity contribution in [2.45, 2.75) is 25.9 Å². The first-order valence-corrected chi connectivity index (χ1v) is 8.61. The van der Waals surface area contributed by atoms with Gasteiger partial charge in [-0.25, -0.2) is 4.98 Å². The average Bonchev–Trinajstić information content (AvgIpc) is 3.15. The van der Waals surface area contributed by atoms with E-state index in [4.69, 9.17) is 4.74 Å². The highest BCUT2D eigenvalue weighted by Crippen LogP contribution is 2.18. The minimum atomic E-state index is -0.202. The van der Waals surface area contributed by atoms with Gasteiger partial charge in [0.25, 0.3) is 5.91 Å². The van der Waals surface area contributed by atoms with Gasteiger partial charge < -0.3 is 20.7 Å². The van der Waals surface area contributed by atoms with Crippen molar-refractivity contribution in [3.05, 3.63) is 48.3 Å². The van der Waals surface area contributed by atoms with Gasteiger partial charge in [0.2, 0.25) is 5.91 Å². The Morgan fingerprint density at radius 2 is 1.85 bits per heavy atom. The first-order valence-electron chi connectivity index (χ1n) is 8.61. The van der Waals surface area contributed by atoms with Crippen LogP contribution in [0.3, 0.4) is 0 Å². The van der Waals surface area contributed by atoms with E-state index in [1.165, 1.54) is 6.92 Å². The maximum Gasteiger partial charge on any atom is 0.269 e. The number of hydrogen-bond donors (Lipinski definition) is 3. The molecule has 0 radical (unpaired) electrons. The zero-order valence-electron chi connectivity index (χ0n) is 14.6. The van der Waals surface area contributed by atoms with Gasteiger partial charge in [-0.1, -0.05) is 0 Å². The molecule has 26 heavy (non-hydrogen) atoms. The summed E-state index contributed by atoms with van der Waals surface area (Å²) >= 11 is 0. The lowest BCUT2D eigenvalue weighted by atomic mass is 10.2. The Balaban J connectivity index is 1.53. The molecule has 0 aliphatic carbocycles. The highest BCUT2D eigenvalue weighted by atomic mass is 16.5. The van der Waals surface area contributed by atoms with Gasteiger partial charge in [0.15, 0.2) is 0 Å². The third-order valence-corrected chi connectivity index (χ3v) is 4.00. The van der Waals surface area contributed by atoms with Crippen LogP contribution in [0.5, 0.6) is 0 Å². The summed E-state index contributed by atoms with van der Waals surface area (Å²) in [5.74, 6) is -0.310. The van der Waals surface area contributed by atoms with Gasteiger partial charge in [0.1, 0.15) is 5.69 Å². The van der Waals surface area contributed by atoms with Crippen molar-refractivity contribution in [1.82, 2.24) is 10.3 Å². The molecular weight excluding hydrogens is 332 g/mol. The van der Waals surface area contributed by atoms with E-state index >= 15 is 0 Å². The minimum absolute atomic E-state index is 0.108. The second-order valence-corrected chi connectivity index (χ2v) is 6.16. The fourth-order valence-electron chi connectivity index (χ4n) is 2.71. The molecule has 1 atom stereocenters. The van der Waals surface area contributed by atoms with Gasteiger partial charge >= 0.3 is 0 Å². The molecule has 2 aromatic rings. The van der Waals surface area contributed by atoms with Crippen molar-refractivity contribution >= 4 is 28.9 Å². The molecule has 1 aliphatic rings. The lowest BCUT2D eigenvalue weighted by Crippen LogP contribution is -2.32. The lowest BCUT2D eigenvalue weighted by Gasteiger charge is -2.11. The fourth-order valence-corrected chi connectivity index (χ4v) is 2.71. The van der Waals surface area contributed by atoms with Crippen molar-refractivity contribution in [3.8, 4) is 0 Å². The smallest absolute Gasteiger partial charge is 0.269 e. The molecule has 1 saturated heterocycles. The number of nitrogens with one attached hydrogen (secondary N) is 3. The lowest BCUT2D eigenvalue weighted by molar-refractivity contribution is -0.114. The summed E-state index contributed by atoms with van der Waals surface area (Å²) in [6.45, 7) is 2.75. The molecule has 7 nitrogen and oxygen atoms in total. The Kier molecular flexibility index (Phi) is 5.80. The third-order valence-electron chi connectivity index (χ3n) is 4.00. The Bertz CT molecular complexity index is 753. The Morgan fingerprint density at radius 1 is 1.12 bits per heavy atom. The normalized spacial score (nSPS) is 16.1. The zero-order valence-corrected chi connectivity index (χ0v) is 14.6. The molecule has 1 unspecified atom stereocenters. The van der Waals surface area contributed by atoms with E-state index in [-0.39, 0.29) is 17.9 Å². The Labute approximate surface area is 152 Å². The molecule has 0 saturated carbocycles. The molecule has 7 heteroatoms. The quantitative estimate of drug-likeness (QED) is 0.742. The van der Waals surface area contributed by atoms with Crippen molar-refractivity contribution in [2.24, 2.45) is 0 Å². The van der Waals surface area contributed by atoms with Crippen molar-refractivity contribution in [2.75, 3.05) is 23.8 Å². The molecule has 1 aliphatic heterocycles. The molecule has 3 N–H and O–H groups in total. The number of carbonyl (C=O) groups is 2. The number of anilines is 3. The summed E-state index contributed by atoms with van der Waals surface area (Å²) in [7, 11) is 0. The highest BCUT2D eigenvalue weighted by molar-refractivity contribution is 5.92. The fraction of sp³-hybridized carbons (Fsp3) is 0.316. The summed E-state index contributed by atoms with van der Waals surface area (Å²) in [5.41, 5.74) is 2.73. The predicted molar refractivity (Wildman–Crippen MR) is 99.6 cm³/mol. The maximum atomic E-state index is 12.1. The number of carbonyl (C=O) groups excluding carboxylic acids is 2. The molecular formula is C19H22N4O3. The first kappa shape index (κ1) is 17.9. The monoisotopic (exact) mass is 354 g/mol. The number of nitrogens with zero attached hydrogens (tertiary/aromatic N) is 1. The summed E-state index contributed by atoms with van der Waals surface area (Å²) in [6, 6.07) is 10.8. The number of rotatable bonds is 6. The standard InChI is InChI=1S/C19H22N4O3/c1-13(24)22-14-4-6-15(7-5-14)23-16-8-9-18(20-11-16)19(25)21-12-17-3-2-10-26-17/h4-9,11,17,23H,2-3,10,12H2,1H3,(H,21,25)(H,22,24). The van der Waals surface area contributed by atoms with Crippen LogP contribution in [0.2, 0.25) is 0 Å². The second-order valence-electron chi connectivity index (χ2n) is 6.16. The number of hydrogen-bond acceptors (Lipinski definition) is 5. The SMILES string of the molecule is CC(=O)Nc1ccc(Nc2ccc(C(=O)NCC3CCCO3)nc2)cc1. The van der Waals surface area contributed by atoms with Crippen molar-refractivity contribution < 1.29 is 14.3 Å². The van der Waals surface area contributed by atoms with Gasteiger partial charge in [-0.3, -0.25) is 9.59 Å². The van der Waals surface area contributed by atoms with Crippen molar-refractivity contribution in [3.63, 3.8) is 0 Å². The molecule has 2 heterocycles. The molecule has 1 aromatic carbocycles. The highest BCUT2D eigenvalue weighted by Gasteiger charge is 2.17. The molecule has 136 valence electrons. The summed E-state index contributed by atoms with van der Waals surface area (Å²) in [4.78, 5) is 27.3. The third kappa shape index (κ3) is 5.03. The van der Waals surface area contributed by atoms with E-state index in [0.717, 1.165) is 36.5 Å². The van der Waals surface area contributed by atoms with Crippen molar-refractivity contribution in [1.29, 1.82) is 0 Å². The molecule has 0 bridgehead atoms. The van der Waals surface area contributed by atoms with E-state index in [1.807, 2.05) is 24.3 Å². The van der Waals surface area contributed by atoms with Crippen LogP contribution in [0.25, 0.3) is 0 Å². The first-order chi connectivity index (χ1) is 12.6. The van der Waals surface area contributed by atoms with E-state index in [9.17, 15) is 9.59 Å². The van der Waals surface area contributed by atoms with Crippen LogP contribution in [0, 0.1) is 0 Å². The second kappa shape index (κ2) is 8.44. The zero-order chi connectivity index (χ0) is 18.4. The largest absolute Gasteiger partial charge is 0.376 e. The molecule has 1 fully saturated rings. The number of aromatic nitrogens is 1. The van der Waals surface area contributed by atoms with Crippen LogP contribution in [0.1, 0.15) is 30.3 Å². The number of amides is 2. The maximum absolute atomic E-state index is 12.1. The van der Waals surface area contributed by atoms with Crippen LogP contribution in [-0.4, -0.2) is 36.1 Å². The van der Waals surface area contributed by atoms with E-state index in [2.05, 4.69) is 20.9 Å². The van der Waals surface area contributed by atoms with Crippen LogP contribution < -0.4 is 16.0 Å². The van der Waals surface area contributed by atoms with Crippen LogP contribution >= 0.6 is 0 Å². The number of ether oxygens (including phenoxy) is 1. The molecule has 3 rings (SSSR count). The predicted octanol–water partition coefficient (Wildman–Crippen LogP) is 2.69. The summed E-state index contributed by atoms with van der Waals surface area (Å²) < 4.78 is 5.49. The van der Waals surface area contributed by atoms with Gasteiger partial charge in [-0.05, 0) is 49.2 Å². The van der Waals surface area contributed by atoms with Gasteiger partial charge in [-0.15, -0.1) is 0 Å². The van der Waals surface area contributed by atoms with Crippen LogP contribution in [-0.2, 0) is 9.53 Å². The summed E-state index contributed by atoms with van der Waals surface area (Å²) in [5, 5.41) is 8.77. The van der Waals surface area contributed by atoms with Crippen LogP contribution in [0.4, 0.5) is 17.1 Å². The number of pyridine rings is 1. The van der Waals surface area contributed by atoms with E-state index < -0.39 is 0 Å². The number of benzene rings is 1. The average molecular weight is 354 g/mol. The topological polar surface area (TPSA) is 92.4 Å². The summed E-state index contributed by atoms with van der Waals surface area (Å²) in [6.07, 6.45) is 3.76. The van der Waals surface area contributed by atoms with E-state index in [1.54, 1.807) is 18.3 Å². The Hall–Kier alpha value is -2.93. The van der Waals surface area contributed by atoms with E-state index in [0.29, 0.717) is 12.2 Å². The molecule has 2 amide bonds.